The van der Waals surface area contributed by atoms with Crippen LogP contribution in [0.25, 0.3) is 0 Å². The van der Waals surface area contributed by atoms with Crippen molar-refractivity contribution in [2.75, 3.05) is 0 Å². The highest BCUT2D eigenvalue weighted by Crippen LogP contribution is 2.21. The van der Waals surface area contributed by atoms with Gasteiger partial charge in [0.2, 0.25) is 0 Å². The molecule has 5 nitrogen and oxygen atoms in total. The van der Waals surface area contributed by atoms with E-state index >= 15 is 0 Å². The van der Waals surface area contributed by atoms with Gasteiger partial charge in [-0.25, -0.2) is 0 Å². The van der Waals surface area contributed by atoms with Gasteiger partial charge in [-0.2, -0.15) is 0 Å². The van der Waals surface area contributed by atoms with Gasteiger partial charge in [0.15, 0.2) is 0 Å². The standard InChI is InChI=1S/C15H13NO4/c1-11(12-5-3-2-4-6-12)15(17)20-14-9-7-13(8-10-14)16(18)19/h2-11H,1H3. The molecule has 1 unspecified atom stereocenters. The molecule has 0 bridgehead atoms. The zero-order chi connectivity index (χ0) is 14.5. The Morgan fingerprint density at radius 2 is 1.70 bits per heavy atom. The van der Waals surface area contributed by atoms with Crippen LogP contribution in [0.4, 0.5) is 5.69 Å². The third-order valence-corrected chi connectivity index (χ3v) is 2.92. The van der Waals surface area contributed by atoms with Gasteiger partial charge >= 0.3 is 5.97 Å². The molecule has 0 aliphatic heterocycles. The second kappa shape index (κ2) is 5.97. The first-order valence-electron chi connectivity index (χ1n) is 6.09. The topological polar surface area (TPSA) is 69.4 Å². The monoisotopic (exact) mass is 271 g/mol. The molecule has 2 aromatic rings. The van der Waals surface area contributed by atoms with Crippen LogP contribution in [-0.2, 0) is 4.79 Å². The van der Waals surface area contributed by atoms with Crippen molar-refractivity contribution in [3.8, 4) is 5.75 Å². The van der Waals surface area contributed by atoms with E-state index in [0.717, 1.165) is 5.56 Å². The molecule has 2 aromatic carbocycles. The van der Waals surface area contributed by atoms with Gasteiger partial charge in [0, 0.05) is 12.1 Å². The number of hydrogen-bond donors (Lipinski definition) is 0. The summed E-state index contributed by atoms with van der Waals surface area (Å²) in [5, 5.41) is 10.5. The molecule has 2 rings (SSSR count). The molecule has 0 spiro atoms. The largest absolute Gasteiger partial charge is 0.426 e. The van der Waals surface area contributed by atoms with Crippen molar-refractivity contribution >= 4 is 11.7 Å². The van der Waals surface area contributed by atoms with Crippen molar-refractivity contribution < 1.29 is 14.5 Å². The average Bonchev–Trinajstić information content (AvgIpc) is 2.48. The predicted molar refractivity (Wildman–Crippen MR) is 73.6 cm³/mol. The first-order valence-corrected chi connectivity index (χ1v) is 6.09. The Hall–Kier alpha value is -2.69. The van der Waals surface area contributed by atoms with Crippen LogP contribution in [0.1, 0.15) is 18.4 Å². The van der Waals surface area contributed by atoms with Crippen LogP contribution in [0.2, 0.25) is 0 Å². The lowest BCUT2D eigenvalue weighted by Gasteiger charge is -2.11. The summed E-state index contributed by atoms with van der Waals surface area (Å²) in [5.41, 5.74) is 0.820. The van der Waals surface area contributed by atoms with Gasteiger partial charge in [-0.1, -0.05) is 30.3 Å². The molecular formula is C15H13NO4. The Morgan fingerprint density at radius 1 is 1.10 bits per heavy atom. The molecule has 0 saturated heterocycles. The third kappa shape index (κ3) is 3.20. The van der Waals surface area contributed by atoms with Crippen LogP contribution in [0.5, 0.6) is 5.75 Å². The van der Waals surface area contributed by atoms with Gasteiger partial charge in [-0.05, 0) is 24.6 Å². The van der Waals surface area contributed by atoms with Crippen molar-refractivity contribution in [1.82, 2.24) is 0 Å². The molecule has 20 heavy (non-hydrogen) atoms. The van der Waals surface area contributed by atoms with E-state index in [1.165, 1.54) is 24.3 Å². The van der Waals surface area contributed by atoms with Crippen LogP contribution in [0, 0.1) is 10.1 Å². The molecule has 0 saturated carbocycles. The first kappa shape index (κ1) is 13.7. The van der Waals surface area contributed by atoms with E-state index in [0.29, 0.717) is 5.75 Å². The lowest BCUT2D eigenvalue weighted by molar-refractivity contribution is -0.384. The molecular weight excluding hydrogens is 258 g/mol. The maximum Gasteiger partial charge on any atom is 0.318 e. The van der Waals surface area contributed by atoms with E-state index in [2.05, 4.69) is 0 Å². The van der Waals surface area contributed by atoms with E-state index in [1.807, 2.05) is 30.3 Å². The average molecular weight is 271 g/mol. The number of nitrogens with zero attached hydrogens (tertiary/aromatic N) is 1. The van der Waals surface area contributed by atoms with Gasteiger partial charge in [0.05, 0.1) is 10.8 Å². The van der Waals surface area contributed by atoms with Crippen molar-refractivity contribution in [1.29, 1.82) is 0 Å². The Morgan fingerprint density at radius 3 is 2.25 bits per heavy atom. The fourth-order valence-corrected chi connectivity index (χ4v) is 1.72. The van der Waals surface area contributed by atoms with Crippen LogP contribution in [0.15, 0.2) is 54.6 Å². The summed E-state index contributed by atoms with van der Waals surface area (Å²) in [6, 6.07) is 14.7. The number of nitro benzene ring substituents is 1. The zero-order valence-electron chi connectivity index (χ0n) is 10.9. The Bertz CT molecular complexity index is 608. The molecule has 0 fully saturated rings. The van der Waals surface area contributed by atoms with E-state index in [1.54, 1.807) is 6.92 Å². The molecule has 5 heteroatoms. The van der Waals surface area contributed by atoms with Crippen molar-refractivity contribution in [2.45, 2.75) is 12.8 Å². The molecule has 1 atom stereocenters. The fourth-order valence-electron chi connectivity index (χ4n) is 1.72. The van der Waals surface area contributed by atoms with Crippen molar-refractivity contribution in [3.05, 3.63) is 70.3 Å². The van der Waals surface area contributed by atoms with Gasteiger partial charge < -0.3 is 4.74 Å². The molecule has 0 N–H and O–H groups in total. The number of esters is 1. The summed E-state index contributed by atoms with van der Waals surface area (Å²) in [5.74, 6) is -0.500. The predicted octanol–water partition coefficient (Wildman–Crippen LogP) is 3.30. The molecule has 0 aliphatic rings. The minimum Gasteiger partial charge on any atom is -0.426 e. The SMILES string of the molecule is CC(C(=O)Oc1ccc([N+](=O)[O-])cc1)c1ccccc1. The second-order valence-electron chi connectivity index (χ2n) is 4.30. The smallest absolute Gasteiger partial charge is 0.318 e. The maximum absolute atomic E-state index is 12.0. The van der Waals surface area contributed by atoms with E-state index in [4.69, 9.17) is 4.74 Å². The highest BCUT2D eigenvalue weighted by molar-refractivity contribution is 5.79. The number of benzene rings is 2. The molecule has 0 heterocycles. The Balaban J connectivity index is 2.06. The minimum absolute atomic E-state index is 0.0408. The number of ether oxygens (including phenoxy) is 1. The summed E-state index contributed by atoms with van der Waals surface area (Å²) in [4.78, 5) is 22.0. The second-order valence-corrected chi connectivity index (χ2v) is 4.30. The number of non-ortho nitro benzene ring substituents is 1. The summed E-state index contributed by atoms with van der Waals surface area (Å²) in [7, 11) is 0. The number of carbonyl (C=O) groups is 1. The van der Waals surface area contributed by atoms with E-state index in [-0.39, 0.29) is 5.69 Å². The number of hydrogen-bond acceptors (Lipinski definition) is 4. The van der Waals surface area contributed by atoms with Crippen LogP contribution in [0.3, 0.4) is 0 Å². The maximum atomic E-state index is 12.0. The highest BCUT2D eigenvalue weighted by Gasteiger charge is 2.17. The van der Waals surface area contributed by atoms with Crippen molar-refractivity contribution in [3.63, 3.8) is 0 Å². The van der Waals surface area contributed by atoms with Crippen LogP contribution >= 0.6 is 0 Å². The van der Waals surface area contributed by atoms with Crippen molar-refractivity contribution in [2.24, 2.45) is 0 Å². The lowest BCUT2D eigenvalue weighted by atomic mass is 10.0. The van der Waals surface area contributed by atoms with Gasteiger partial charge in [-0.3, -0.25) is 14.9 Å². The number of carbonyl (C=O) groups excluding carboxylic acids is 1. The molecule has 0 aliphatic carbocycles. The zero-order valence-corrected chi connectivity index (χ0v) is 10.9. The normalized spacial score (nSPS) is 11.7. The number of rotatable bonds is 4. The molecule has 0 radical (unpaired) electrons. The fraction of sp³-hybridized carbons (Fsp3) is 0.133. The molecule has 0 amide bonds. The lowest BCUT2D eigenvalue weighted by Crippen LogP contribution is -2.16. The van der Waals surface area contributed by atoms with Crippen LogP contribution in [-0.4, -0.2) is 10.9 Å². The quantitative estimate of drug-likeness (QED) is 0.370. The van der Waals surface area contributed by atoms with Crippen LogP contribution < -0.4 is 4.74 Å². The Kier molecular flexibility index (Phi) is 4.10. The van der Waals surface area contributed by atoms with E-state index in [9.17, 15) is 14.9 Å². The number of nitro groups is 1. The summed E-state index contributed by atoms with van der Waals surface area (Å²) in [6.45, 7) is 1.75. The first-order chi connectivity index (χ1) is 9.58. The molecule has 102 valence electrons. The van der Waals surface area contributed by atoms with Gasteiger partial charge in [0.25, 0.3) is 5.69 Å². The summed E-state index contributed by atoms with van der Waals surface area (Å²) in [6.07, 6.45) is 0. The highest BCUT2D eigenvalue weighted by atomic mass is 16.6. The minimum atomic E-state index is -0.502. The third-order valence-electron chi connectivity index (χ3n) is 2.92. The Labute approximate surface area is 116 Å². The molecule has 0 aromatic heterocycles. The van der Waals surface area contributed by atoms with Gasteiger partial charge in [0.1, 0.15) is 5.75 Å². The summed E-state index contributed by atoms with van der Waals surface area (Å²) >= 11 is 0. The van der Waals surface area contributed by atoms with E-state index < -0.39 is 16.8 Å². The van der Waals surface area contributed by atoms with Gasteiger partial charge in [-0.15, -0.1) is 0 Å². The summed E-state index contributed by atoms with van der Waals surface area (Å²) < 4.78 is 5.20.